The van der Waals surface area contributed by atoms with Crippen molar-refractivity contribution in [1.82, 2.24) is 0 Å². The molecule has 16 heavy (non-hydrogen) atoms. The molecule has 0 aliphatic carbocycles. The molecule has 0 amide bonds. The van der Waals surface area contributed by atoms with Crippen LogP contribution < -0.4 is 9.32 Å². The third-order valence-electron chi connectivity index (χ3n) is 2.03. The molecule has 0 atom stereocenters. The molecular formula is C9H11NO5S. The summed E-state index contributed by atoms with van der Waals surface area (Å²) in [5, 5.41) is 13.6. The molecule has 0 aromatic heterocycles. The highest BCUT2D eigenvalue weighted by molar-refractivity contribution is 7.84. The predicted octanol–water partition coefficient (Wildman–Crippen LogP) is 0.584. The summed E-state index contributed by atoms with van der Waals surface area (Å²) >= 11 is 0. The predicted molar refractivity (Wildman–Crippen MR) is 56.6 cm³/mol. The van der Waals surface area contributed by atoms with E-state index in [1.165, 1.54) is 19.1 Å². The van der Waals surface area contributed by atoms with Crippen LogP contribution >= 0.6 is 0 Å². The number of benzene rings is 1. The number of aromatic carboxylic acids is 1. The van der Waals surface area contributed by atoms with E-state index in [1.54, 1.807) is 6.92 Å². The summed E-state index contributed by atoms with van der Waals surface area (Å²) in [4.78, 5) is 10.8. The van der Waals surface area contributed by atoms with Gasteiger partial charge in [0.2, 0.25) is 0 Å². The van der Waals surface area contributed by atoms with Gasteiger partial charge in [0.25, 0.3) is 0 Å². The molecule has 0 aliphatic rings. The summed E-state index contributed by atoms with van der Waals surface area (Å²) < 4.78 is 26.1. The number of nitrogens with two attached hydrogens (primary N) is 1. The van der Waals surface area contributed by atoms with Crippen molar-refractivity contribution in [1.29, 1.82) is 0 Å². The molecule has 1 aromatic carbocycles. The van der Waals surface area contributed by atoms with Gasteiger partial charge in [0.15, 0.2) is 5.75 Å². The van der Waals surface area contributed by atoms with Gasteiger partial charge in [0.05, 0.1) is 5.56 Å². The average Bonchev–Trinajstić information content (AvgIpc) is 2.10. The van der Waals surface area contributed by atoms with Crippen molar-refractivity contribution in [3.63, 3.8) is 0 Å². The summed E-state index contributed by atoms with van der Waals surface area (Å²) in [6.07, 6.45) is 0. The smallest absolute Gasteiger partial charge is 0.380 e. The minimum atomic E-state index is -4.16. The number of carbonyl (C=O) groups is 1. The van der Waals surface area contributed by atoms with Crippen LogP contribution in [0.1, 0.15) is 21.5 Å². The minimum Gasteiger partial charge on any atom is -0.478 e. The Kier molecular flexibility index (Phi) is 3.20. The second-order valence-corrected chi connectivity index (χ2v) is 4.42. The lowest BCUT2D eigenvalue weighted by Gasteiger charge is -2.11. The van der Waals surface area contributed by atoms with Gasteiger partial charge in [-0.05, 0) is 25.5 Å². The van der Waals surface area contributed by atoms with Crippen molar-refractivity contribution in [2.75, 3.05) is 0 Å². The Morgan fingerprint density at radius 1 is 1.38 bits per heavy atom. The normalized spacial score (nSPS) is 11.2. The highest BCUT2D eigenvalue weighted by Gasteiger charge is 2.17. The number of aryl methyl sites for hydroxylation is 1. The van der Waals surface area contributed by atoms with E-state index >= 15 is 0 Å². The monoisotopic (exact) mass is 245 g/mol. The van der Waals surface area contributed by atoms with E-state index in [4.69, 9.17) is 10.2 Å². The van der Waals surface area contributed by atoms with E-state index in [1.807, 2.05) is 0 Å². The zero-order chi connectivity index (χ0) is 12.5. The maximum Gasteiger partial charge on any atom is 0.380 e. The van der Waals surface area contributed by atoms with Gasteiger partial charge in [-0.25, -0.2) is 4.79 Å². The van der Waals surface area contributed by atoms with Crippen LogP contribution in [-0.2, 0) is 10.3 Å². The molecule has 0 bridgehead atoms. The Morgan fingerprint density at radius 2 is 1.94 bits per heavy atom. The fourth-order valence-electron chi connectivity index (χ4n) is 1.30. The number of rotatable bonds is 3. The number of hydrogen-bond donors (Lipinski definition) is 2. The molecule has 1 rings (SSSR count). The van der Waals surface area contributed by atoms with Gasteiger partial charge in [0.1, 0.15) is 0 Å². The molecule has 0 saturated carbocycles. The maximum atomic E-state index is 10.8. The molecule has 6 nitrogen and oxygen atoms in total. The van der Waals surface area contributed by atoms with E-state index in [0.717, 1.165) is 0 Å². The Labute approximate surface area is 92.9 Å². The molecule has 0 aliphatic heterocycles. The van der Waals surface area contributed by atoms with Gasteiger partial charge >= 0.3 is 16.3 Å². The highest BCUT2D eigenvalue weighted by Crippen LogP contribution is 2.26. The first kappa shape index (κ1) is 12.5. The molecule has 0 heterocycles. The van der Waals surface area contributed by atoms with Crippen molar-refractivity contribution in [2.45, 2.75) is 13.8 Å². The van der Waals surface area contributed by atoms with Gasteiger partial charge in [-0.2, -0.15) is 13.6 Å². The van der Waals surface area contributed by atoms with E-state index < -0.39 is 16.3 Å². The second-order valence-electron chi connectivity index (χ2n) is 3.27. The number of carboxylic acids is 1. The topological polar surface area (TPSA) is 107 Å². The van der Waals surface area contributed by atoms with Gasteiger partial charge in [0, 0.05) is 5.56 Å². The largest absolute Gasteiger partial charge is 0.478 e. The second kappa shape index (κ2) is 4.11. The molecule has 0 radical (unpaired) electrons. The van der Waals surface area contributed by atoms with Crippen molar-refractivity contribution in [3.8, 4) is 5.75 Å². The zero-order valence-electron chi connectivity index (χ0n) is 8.72. The van der Waals surface area contributed by atoms with Crippen LogP contribution in [0, 0.1) is 13.8 Å². The fourth-order valence-corrected chi connectivity index (χ4v) is 1.79. The van der Waals surface area contributed by atoms with Crippen LogP contribution in [0.15, 0.2) is 12.1 Å². The third-order valence-corrected chi connectivity index (χ3v) is 2.43. The zero-order valence-corrected chi connectivity index (χ0v) is 9.54. The molecule has 7 heteroatoms. The van der Waals surface area contributed by atoms with Gasteiger partial charge in [-0.15, -0.1) is 0 Å². The summed E-state index contributed by atoms with van der Waals surface area (Å²) in [5.74, 6) is -1.20. The molecular weight excluding hydrogens is 234 g/mol. The lowest BCUT2D eigenvalue weighted by molar-refractivity contribution is 0.0695. The minimum absolute atomic E-state index is 0.0238. The van der Waals surface area contributed by atoms with Gasteiger partial charge in [-0.1, -0.05) is 6.07 Å². The first-order chi connectivity index (χ1) is 7.22. The number of hydrogen-bond acceptors (Lipinski definition) is 4. The molecule has 0 unspecified atom stereocenters. The van der Waals surface area contributed by atoms with Crippen LogP contribution in [-0.4, -0.2) is 19.5 Å². The summed E-state index contributed by atoms with van der Waals surface area (Å²) in [6, 6.07) is 2.83. The fraction of sp³-hybridized carbons (Fsp3) is 0.222. The quantitative estimate of drug-likeness (QED) is 0.810. The SMILES string of the molecule is Cc1ccc(C(=O)O)c(C)c1OS(N)(=O)=O. The van der Waals surface area contributed by atoms with Crippen LogP contribution in [0.3, 0.4) is 0 Å². The summed E-state index contributed by atoms with van der Waals surface area (Å²) in [7, 11) is -4.16. The van der Waals surface area contributed by atoms with Crippen molar-refractivity contribution in [2.24, 2.45) is 5.14 Å². The first-order valence-electron chi connectivity index (χ1n) is 4.28. The molecule has 0 spiro atoms. The molecule has 0 fully saturated rings. The Bertz CT molecular complexity index is 535. The standard InChI is InChI=1S/C9H11NO5S/c1-5-3-4-7(9(11)12)6(2)8(5)15-16(10,13)14/h3-4H,1-2H3,(H,11,12)(H2,10,13,14). The summed E-state index contributed by atoms with van der Waals surface area (Å²) in [5.41, 5.74) is 0.697. The molecule has 88 valence electrons. The van der Waals surface area contributed by atoms with Crippen LogP contribution in [0.25, 0.3) is 0 Å². The molecule has 1 aromatic rings. The van der Waals surface area contributed by atoms with Crippen LogP contribution in [0.4, 0.5) is 0 Å². The van der Waals surface area contributed by atoms with Crippen LogP contribution in [0.5, 0.6) is 5.75 Å². The first-order valence-corrected chi connectivity index (χ1v) is 5.75. The third kappa shape index (κ3) is 2.71. The van der Waals surface area contributed by atoms with Crippen molar-refractivity contribution < 1.29 is 22.5 Å². The lowest BCUT2D eigenvalue weighted by Crippen LogP contribution is -2.20. The van der Waals surface area contributed by atoms with Crippen LogP contribution in [0.2, 0.25) is 0 Å². The van der Waals surface area contributed by atoms with E-state index in [0.29, 0.717) is 5.56 Å². The molecule has 0 saturated heterocycles. The van der Waals surface area contributed by atoms with E-state index in [9.17, 15) is 13.2 Å². The van der Waals surface area contributed by atoms with E-state index in [-0.39, 0.29) is 16.9 Å². The average molecular weight is 245 g/mol. The number of carboxylic acid groups (broad SMARTS) is 1. The van der Waals surface area contributed by atoms with Gasteiger partial charge < -0.3 is 9.29 Å². The van der Waals surface area contributed by atoms with E-state index in [2.05, 4.69) is 4.18 Å². The summed E-state index contributed by atoms with van der Waals surface area (Å²) in [6.45, 7) is 3.05. The van der Waals surface area contributed by atoms with Gasteiger partial charge in [-0.3, -0.25) is 0 Å². The van der Waals surface area contributed by atoms with Crippen molar-refractivity contribution in [3.05, 3.63) is 28.8 Å². The van der Waals surface area contributed by atoms with Crippen molar-refractivity contribution >= 4 is 16.3 Å². The lowest BCUT2D eigenvalue weighted by atomic mass is 10.0. The Balaban J connectivity index is 3.38. The Hall–Kier alpha value is -1.60. The Morgan fingerprint density at radius 3 is 2.38 bits per heavy atom. The maximum absolute atomic E-state index is 10.8. The highest BCUT2D eigenvalue weighted by atomic mass is 32.2. The molecule has 3 N–H and O–H groups in total.